The molecule has 1 aliphatic carbocycles. The van der Waals surface area contributed by atoms with E-state index in [0.29, 0.717) is 24.3 Å². The second-order valence-corrected chi connectivity index (χ2v) is 5.29. The van der Waals surface area contributed by atoms with Crippen molar-refractivity contribution in [3.05, 3.63) is 21.9 Å². The highest BCUT2D eigenvalue weighted by Gasteiger charge is 2.44. The molecule has 4 nitrogen and oxygen atoms in total. The Morgan fingerprint density at radius 2 is 2.38 bits per heavy atom. The van der Waals surface area contributed by atoms with Crippen molar-refractivity contribution >= 4 is 17.3 Å². The number of hydrogen-bond donors (Lipinski definition) is 2. The van der Waals surface area contributed by atoms with E-state index in [0.717, 1.165) is 4.88 Å². The van der Waals surface area contributed by atoms with Crippen molar-refractivity contribution in [1.82, 2.24) is 0 Å². The Morgan fingerprint density at radius 1 is 1.69 bits per heavy atom. The molecule has 3 N–H and O–H groups in total. The summed E-state index contributed by atoms with van der Waals surface area (Å²) >= 11 is 1.41. The Labute approximate surface area is 98.0 Å². The van der Waals surface area contributed by atoms with Crippen molar-refractivity contribution < 1.29 is 14.6 Å². The molecular formula is C11H15NO3S. The lowest BCUT2D eigenvalue weighted by molar-refractivity contribution is 0.0239. The van der Waals surface area contributed by atoms with Crippen LogP contribution >= 0.6 is 11.3 Å². The summed E-state index contributed by atoms with van der Waals surface area (Å²) in [5, 5.41) is 9.40. The number of hydrogen-bond acceptors (Lipinski definition) is 5. The normalized spacial score (nSPS) is 28.6. The average Bonchev–Trinajstić information content (AvgIpc) is 2.72. The molecule has 0 amide bonds. The van der Waals surface area contributed by atoms with Crippen LogP contribution in [0.2, 0.25) is 0 Å². The van der Waals surface area contributed by atoms with Crippen LogP contribution in [0.1, 0.15) is 27.4 Å². The molecule has 0 atom stereocenters. The predicted molar refractivity (Wildman–Crippen MR) is 61.6 cm³/mol. The fourth-order valence-electron chi connectivity index (χ4n) is 2.14. The van der Waals surface area contributed by atoms with E-state index in [1.54, 1.807) is 6.07 Å². The maximum absolute atomic E-state index is 11.3. The Hall–Kier alpha value is -0.910. The quantitative estimate of drug-likeness (QED) is 0.771. The number of esters is 1. The topological polar surface area (TPSA) is 72.5 Å². The van der Waals surface area contributed by atoms with Gasteiger partial charge in [0.25, 0.3) is 0 Å². The van der Waals surface area contributed by atoms with Crippen molar-refractivity contribution in [2.75, 3.05) is 13.7 Å². The molecule has 0 aliphatic heterocycles. The Kier molecular flexibility index (Phi) is 3.01. The van der Waals surface area contributed by atoms with Gasteiger partial charge in [0.2, 0.25) is 0 Å². The van der Waals surface area contributed by atoms with Crippen LogP contribution in [0.5, 0.6) is 0 Å². The van der Waals surface area contributed by atoms with Gasteiger partial charge in [-0.1, -0.05) is 0 Å². The fraction of sp³-hybridized carbons (Fsp3) is 0.545. The fourth-order valence-corrected chi connectivity index (χ4v) is 3.29. The van der Waals surface area contributed by atoms with Crippen LogP contribution in [-0.2, 0) is 10.2 Å². The first-order chi connectivity index (χ1) is 7.61. The lowest BCUT2D eigenvalue weighted by atomic mass is 9.66. The minimum Gasteiger partial charge on any atom is -0.465 e. The van der Waals surface area contributed by atoms with Gasteiger partial charge < -0.3 is 15.6 Å². The van der Waals surface area contributed by atoms with Gasteiger partial charge in [-0.15, -0.1) is 11.3 Å². The third kappa shape index (κ3) is 1.75. The molecule has 1 fully saturated rings. The number of ether oxygens (including phenoxy) is 1. The SMILES string of the molecule is COC(=O)c1ccc(C2(CN)CC(O)C2)s1. The van der Waals surface area contributed by atoms with Gasteiger partial charge in [-0.05, 0) is 25.0 Å². The molecule has 0 radical (unpaired) electrons. The zero-order chi connectivity index (χ0) is 11.8. The van der Waals surface area contributed by atoms with Crippen molar-refractivity contribution in [2.45, 2.75) is 24.4 Å². The van der Waals surface area contributed by atoms with E-state index in [4.69, 9.17) is 5.73 Å². The van der Waals surface area contributed by atoms with Crippen molar-refractivity contribution in [3.8, 4) is 0 Å². The summed E-state index contributed by atoms with van der Waals surface area (Å²) in [6.45, 7) is 0.505. The van der Waals surface area contributed by atoms with Crippen molar-refractivity contribution in [3.63, 3.8) is 0 Å². The molecule has 16 heavy (non-hydrogen) atoms. The summed E-state index contributed by atoms with van der Waals surface area (Å²) in [6, 6.07) is 3.67. The number of thiophene rings is 1. The lowest BCUT2D eigenvalue weighted by Gasteiger charge is -2.44. The number of rotatable bonds is 3. The summed E-state index contributed by atoms with van der Waals surface area (Å²) in [5.74, 6) is -0.316. The molecule has 1 aromatic rings. The van der Waals surface area contributed by atoms with Crippen LogP contribution in [0.3, 0.4) is 0 Å². The minimum atomic E-state index is -0.316. The standard InChI is InChI=1S/C11H15NO3S/c1-15-10(14)8-2-3-9(16-8)11(6-12)4-7(13)5-11/h2-3,7,13H,4-6,12H2,1H3. The Balaban J connectivity index is 2.21. The van der Waals surface area contributed by atoms with E-state index >= 15 is 0 Å². The molecule has 0 aromatic carbocycles. The third-order valence-corrected chi connectivity index (χ3v) is 4.47. The maximum atomic E-state index is 11.3. The summed E-state index contributed by atoms with van der Waals surface area (Å²) in [4.78, 5) is 13.0. The maximum Gasteiger partial charge on any atom is 0.348 e. The first-order valence-electron chi connectivity index (χ1n) is 5.18. The number of nitrogens with two attached hydrogens (primary N) is 1. The molecule has 5 heteroatoms. The van der Waals surface area contributed by atoms with Crippen LogP contribution in [0.4, 0.5) is 0 Å². The molecule has 1 aromatic heterocycles. The van der Waals surface area contributed by atoms with Gasteiger partial charge in [0.05, 0.1) is 13.2 Å². The molecule has 1 saturated carbocycles. The number of carbonyl (C=O) groups excluding carboxylic acids is 1. The third-order valence-electron chi connectivity index (χ3n) is 3.16. The molecule has 0 saturated heterocycles. The second kappa shape index (κ2) is 4.16. The lowest BCUT2D eigenvalue weighted by Crippen LogP contribution is -2.49. The number of methoxy groups -OCH3 is 1. The van der Waals surface area contributed by atoms with Crippen LogP contribution in [0.25, 0.3) is 0 Å². The van der Waals surface area contributed by atoms with E-state index in [1.807, 2.05) is 6.07 Å². The monoisotopic (exact) mass is 241 g/mol. The molecule has 0 bridgehead atoms. The van der Waals surface area contributed by atoms with Gasteiger partial charge in [-0.25, -0.2) is 4.79 Å². The number of aliphatic hydroxyl groups is 1. The van der Waals surface area contributed by atoms with E-state index in [9.17, 15) is 9.90 Å². The minimum absolute atomic E-state index is 0.129. The Morgan fingerprint density at radius 3 is 2.88 bits per heavy atom. The molecular weight excluding hydrogens is 226 g/mol. The van der Waals surface area contributed by atoms with E-state index < -0.39 is 0 Å². The van der Waals surface area contributed by atoms with E-state index in [1.165, 1.54) is 18.4 Å². The second-order valence-electron chi connectivity index (χ2n) is 4.20. The van der Waals surface area contributed by atoms with Gasteiger partial charge in [0, 0.05) is 16.8 Å². The van der Waals surface area contributed by atoms with Crippen LogP contribution < -0.4 is 5.73 Å². The van der Waals surface area contributed by atoms with Crippen LogP contribution in [-0.4, -0.2) is 30.8 Å². The predicted octanol–water partition coefficient (Wildman–Crippen LogP) is 0.886. The number of aliphatic hydroxyl groups excluding tert-OH is 1. The van der Waals surface area contributed by atoms with Gasteiger partial charge in [-0.3, -0.25) is 0 Å². The van der Waals surface area contributed by atoms with Gasteiger partial charge >= 0.3 is 5.97 Å². The van der Waals surface area contributed by atoms with Gasteiger partial charge in [-0.2, -0.15) is 0 Å². The Bertz CT molecular complexity index is 396. The summed E-state index contributed by atoms with van der Waals surface area (Å²) in [7, 11) is 1.37. The number of carbonyl (C=O) groups is 1. The van der Waals surface area contributed by atoms with Gasteiger partial charge in [0.1, 0.15) is 4.88 Å². The molecule has 1 heterocycles. The van der Waals surface area contributed by atoms with E-state index in [-0.39, 0.29) is 17.5 Å². The highest BCUT2D eigenvalue weighted by Crippen LogP contribution is 2.45. The van der Waals surface area contributed by atoms with Crippen molar-refractivity contribution in [2.24, 2.45) is 5.73 Å². The summed E-state index contributed by atoms with van der Waals surface area (Å²) in [5.41, 5.74) is 5.63. The smallest absolute Gasteiger partial charge is 0.348 e. The average molecular weight is 241 g/mol. The summed E-state index contributed by atoms with van der Waals surface area (Å²) < 4.78 is 4.66. The molecule has 2 rings (SSSR count). The highest BCUT2D eigenvalue weighted by molar-refractivity contribution is 7.14. The molecule has 0 spiro atoms. The highest BCUT2D eigenvalue weighted by atomic mass is 32.1. The zero-order valence-corrected chi connectivity index (χ0v) is 9.92. The first kappa shape index (κ1) is 11.6. The van der Waals surface area contributed by atoms with Gasteiger partial charge in [0.15, 0.2) is 0 Å². The van der Waals surface area contributed by atoms with Crippen molar-refractivity contribution in [1.29, 1.82) is 0 Å². The zero-order valence-electron chi connectivity index (χ0n) is 9.10. The first-order valence-corrected chi connectivity index (χ1v) is 6.00. The summed E-state index contributed by atoms with van der Waals surface area (Å²) in [6.07, 6.45) is 1.11. The van der Waals surface area contributed by atoms with Crippen LogP contribution in [0, 0.1) is 0 Å². The molecule has 0 unspecified atom stereocenters. The van der Waals surface area contributed by atoms with E-state index in [2.05, 4.69) is 4.74 Å². The van der Waals surface area contributed by atoms with Crippen LogP contribution in [0.15, 0.2) is 12.1 Å². The molecule has 1 aliphatic rings. The largest absolute Gasteiger partial charge is 0.465 e. The molecule has 88 valence electrons.